The van der Waals surface area contributed by atoms with Crippen LogP contribution in [-0.4, -0.2) is 25.0 Å². The van der Waals surface area contributed by atoms with Crippen LogP contribution in [0.4, 0.5) is 13.2 Å². The number of benzene rings is 1. The number of ketones is 1. The van der Waals surface area contributed by atoms with Gasteiger partial charge in [-0.05, 0) is 30.3 Å². The number of allylic oxidation sites excluding steroid dienone is 1. The van der Waals surface area contributed by atoms with Crippen LogP contribution in [0.2, 0.25) is 0 Å². The number of methoxy groups -OCH3 is 2. The smallest absolute Gasteiger partial charge is 0.418 e. The monoisotopic (exact) mass is 349 g/mol. The first kappa shape index (κ1) is 17.0. The molecule has 1 aliphatic carbocycles. The average molecular weight is 349 g/mol. The number of carbonyl (C=O) groups is 1. The van der Waals surface area contributed by atoms with Crippen molar-refractivity contribution in [2.45, 2.75) is 12.6 Å². The first-order valence-corrected chi connectivity index (χ1v) is 7.38. The Hall–Kier alpha value is -2.83. The molecule has 0 radical (unpaired) electrons. The van der Waals surface area contributed by atoms with Crippen LogP contribution >= 0.6 is 0 Å². The number of aromatic nitrogens is 1. The summed E-state index contributed by atoms with van der Waals surface area (Å²) in [5.74, 6) is 0.535. The van der Waals surface area contributed by atoms with E-state index in [0.29, 0.717) is 22.6 Å². The highest BCUT2D eigenvalue weighted by Gasteiger charge is 2.35. The first-order chi connectivity index (χ1) is 11.9. The van der Waals surface area contributed by atoms with Crippen LogP contribution in [0.15, 0.2) is 36.0 Å². The van der Waals surface area contributed by atoms with Crippen molar-refractivity contribution in [2.75, 3.05) is 14.2 Å². The van der Waals surface area contributed by atoms with Gasteiger partial charge in [-0.15, -0.1) is 0 Å². The van der Waals surface area contributed by atoms with Crippen molar-refractivity contribution in [3.8, 4) is 11.5 Å². The molecule has 0 aliphatic heterocycles. The summed E-state index contributed by atoms with van der Waals surface area (Å²) in [5.41, 5.74) is 0.0645. The highest BCUT2D eigenvalue weighted by Crippen LogP contribution is 2.41. The number of hydrogen-bond acceptors (Lipinski definition) is 4. The normalized spacial score (nSPS) is 15.4. The highest BCUT2D eigenvalue weighted by atomic mass is 19.4. The van der Waals surface area contributed by atoms with Crippen LogP contribution in [0.1, 0.15) is 27.2 Å². The Labute approximate surface area is 141 Å². The topological polar surface area (TPSA) is 48.4 Å². The van der Waals surface area contributed by atoms with E-state index in [9.17, 15) is 18.0 Å². The number of ether oxygens (including phenoxy) is 2. The van der Waals surface area contributed by atoms with Gasteiger partial charge < -0.3 is 9.47 Å². The van der Waals surface area contributed by atoms with E-state index in [4.69, 9.17) is 9.47 Å². The van der Waals surface area contributed by atoms with Gasteiger partial charge >= 0.3 is 6.18 Å². The quantitative estimate of drug-likeness (QED) is 0.788. The SMILES string of the molecule is COc1ccc2c(c1OC)CC(=Cc1ncccc1C(F)(F)F)C2=O. The Balaban J connectivity index is 2.08. The van der Waals surface area contributed by atoms with Gasteiger partial charge in [0.1, 0.15) is 0 Å². The number of Topliss-reactive ketones (excluding diaryl/α,β-unsaturated/α-hetero) is 1. The Kier molecular flexibility index (Phi) is 4.24. The number of rotatable bonds is 3. The summed E-state index contributed by atoms with van der Waals surface area (Å²) in [6.07, 6.45) is -1.94. The number of carbonyl (C=O) groups excluding carboxylic acids is 1. The number of pyridine rings is 1. The number of hydrogen-bond donors (Lipinski definition) is 0. The molecule has 25 heavy (non-hydrogen) atoms. The Bertz CT molecular complexity index is 872. The molecule has 0 bridgehead atoms. The molecule has 1 aromatic carbocycles. The molecule has 130 valence electrons. The first-order valence-electron chi connectivity index (χ1n) is 7.38. The molecule has 0 saturated heterocycles. The van der Waals surface area contributed by atoms with E-state index < -0.39 is 11.7 Å². The van der Waals surface area contributed by atoms with Crippen molar-refractivity contribution in [1.29, 1.82) is 0 Å². The van der Waals surface area contributed by atoms with Gasteiger partial charge in [-0.25, -0.2) is 0 Å². The Morgan fingerprint density at radius 2 is 1.92 bits per heavy atom. The van der Waals surface area contributed by atoms with Crippen LogP contribution < -0.4 is 9.47 Å². The molecular formula is C18H14F3NO3. The fourth-order valence-electron chi connectivity index (χ4n) is 2.88. The van der Waals surface area contributed by atoms with Gasteiger partial charge in [0, 0.05) is 29.3 Å². The molecule has 0 unspecified atom stereocenters. The molecule has 2 aromatic rings. The zero-order valence-electron chi connectivity index (χ0n) is 13.5. The maximum Gasteiger partial charge on any atom is 0.418 e. The second-order valence-electron chi connectivity index (χ2n) is 5.44. The predicted molar refractivity (Wildman–Crippen MR) is 84.8 cm³/mol. The molecule has 1 heterocycles. The Morgan fingerprint density at radius 3 is 2.56 bits per heavy atom. The lowest BCUT2D eigenvalue weighted by Crippen LogP contribution is -2.09. The molecule has 0 saturated carbocycles. The number of alkyl halides is 3. The van der Waals surface area contributed by atoms with Crippen molar-refractivity contribution in [1.82, 2.24) is 4.98 Å². The molecule has 0 spiro atoms. The van der Waals surface area contributed by atoms with Crippen LogP contribution in [0.5, 0.6) is 11.5 Å². The second kappa shape index (κ2) is 6.23. The largest absolute Gasteiger partial charge is 0.493 e. The number of halogens is 3. The van der Waals surface area contributed by atoms with Crippen molar-refractivity contribution >= 4 is 11.9 Å². The van der Waals surface area contributed by atoms with Crippen LogP contribution in [0, 0.1) is 0 Å². The lowest BCUT2D eigenvalue weighted by atomic mass is 10.1. The molecule has 4 nitrogen and oxygen atoms in total. The van der Waals surface area contributed by atoms with Crippen molar-refractivity contribution in [3.05, 3.63) is 58.4 Å². The molecule has 0 amide bonds. The van der Waals surface area contributed by atoms with Crippen molar-refractivity contribution in [3.63, 3.8) is 0 Å². The number of nitrogens with zero attached hydrogens (tertiary/aromatic N) is 1. The molecule has 3 rings (SSSR count). The van der Waals surface area contributed by atoms with E-state index in [2.05, 4.69) is 4.98 Å². The molecule has 1 aliphatic rings. The van der Waals surface area contributed by atoms with Gasteiger partial charge in [0.2, 0.25) is 0 Å². The summed E-state index contributed by atoms with van der Waals surface area (Å²) < 4.78 is 49.8. The van der Waals surface area contributed by atoms with E-state index in [-0.39, 0.29) is 23.5 Å². The van der Waals surface area contributed by atoms with Crippen LogP contribution in [0.3, 0.4) is 0 Å². The third-order valence-corrected chi connectivity index (χ3v) is 4.01. The second-order valence-corrected chi connectivity index (χ2v) is 5.44. The Morgan fingerprint density at radius 1 is 1.16 bits per heavy atom. The third kappa shape index (κ3) is 2.97. The predicted octanol–water partition coefficient (Wildman–Crippen LogP) is 3.94. The standard InChI is InChI=1S/C18H14F3NO3/c1-24-15-6-5-11-12(17(15)25-2)8-10(16(11)23)9-14-13(18(19,20)21)4-3-7-22-14/h3-7,9H,8H2,1-2H3. The van der Waals surface area contributed by atoms with Gasteiger partial charge in [0.15, 0.2) is 17.3 Å². The van der Waals surface area contributed by atoms with Crippen LogP contribution in [0.25, 0.3) is 6.08 Å². The van der Waals surface area contributed by atoms with E-state index in [0.717, 1.165) is 6.07 Å². The van der Waals surface area contributed by atoms with E-state index >= 15 is 0 Å². The maximum atomic E-state index is 13.1. The summed E-state index contributed by atoms with van der Waals surface area (Å²) in [6, 6.07) is 5.34. The van der Waals surface area contributed by atoms with Crippen molar-refractivity contribution in [2.24, 2.45) is 0 Å². The lowest BCUT2D eigenvalue weighted by Gasteiger charge is -2.10. The maximum absolute atomic E-state index is 13.1. The molecule has 0 fully saturated rings. The van der Waals surface area contributed by atoms with E-state index in [1.54, 1.807) is 12.1 Å². The summed E-state index contributed by atoms with van der Waals surface area (Å²) >= 11 is 0. The molecule has 7 heteroatoms. The average Bonchev–Trinajstić information content (AvgIpc) is 2.89. The summed E-state index contributed by atoms with van der Waals surface area (Å²) in [7, 11) is 2.92. The zero-order valence-corrected chi connectivity index (χ0v) is 13.5. The minimum absolute atomic E-state index is 0.155. The molecule has 0 atom stereocenters. The molecule has 1 aromatic heterocycles. The van der Waals surface area contributed by atoms with E-state index in [1.807, 2.05) is 0 Å². The summed E-state index contributed by atoms with van der Waals surface area (Å²) in [5, 5.41) is 0. The summed E-state index contributed by atoms with van der Waals surface area (Å²) in [6.45, 7) is 0. The third-order valence-electron chi connectivity index (χ3n) is 4.01. The van der Waals surface area contributed by atoms with Crippen molar-refractivity contribution < 1.29 is 27.4 Å². The minimum atomic E-state index is -4.55. The van der Waals surface area contributed by atoms with Gasteiger partial charge in [0.05, 0.1) is 25.5 Å². The lowest BCUT2D eigenvalue weighted by molar-refractivity contribution is -0.138. The van der Waals surface area contributed by atoms with Crippen LogP contribution in [-0.2, 0) is 12.6 Å². The minimum Gasteiger partial charge on any atom is -0.493 e. The van der Waals surface area contributed by atoms with Gasteiger partial charge in [0.25, 0.3) is 0 Å². The summed E-state index contributed by atoms with van der Waals surface area (Å²) in [4.78, 5) is 16.3. The van der Waals surface area contributed by atoms with Gasteiger partial charge in [-0.3, -0.25) is 9.78 Å². The number of fused-ring (bicyclic) bond motifs is 1. The van der Waals surface area contributed by atoms with E-state index in [1.165, 1.54) is 32.6 Å². The zero-order chi connectivity index (χ0) is 18.2. The molecule has 0 N–H and O–H groups in total. The fourth-order valence-corrected chi connectivity index (χ4v) is 2.88. The van der Waals surface area contributed by atoms with Gasteiger partial charge in [-0.2, -0.15) is 13.2 Å². The highest BCUT2D eigenvalue weighted by molar-refractivity contribution is 6.16. The molecular weight excluding hydrogens is 335 g/mol. The fraction of sp³-hybridized carbons (Fsp3) is 0.222. The van der Waals surface area contributed by atoms with Gasteiger partial charge in [-0.1, -0.05) is 0 Å².